The van der Waals surface area contributed by atoms with Crippen LogP contribution in [0, 0.1) is 0 Å². The summed E-state index contributed by atoms with van der Waals surface area (Å²) in [6.45, 7) is 30.9. The van der Waals surface area contributed by atoms with E-state index in [1.54, 1.807) is 30.3 Å². The second-order valence-electron chi connectivity index (χ2n) is 26.1. The summed E-state index contributed by atoms with van der Waals surface area (Å²) in [7, 11) is 0. The number of carbonyl (C=O) groups excluding carboxylic acids is 16. The predicted molar refractivity (Wildman–Crippen MR) is 503 cm³/mol. The summed E-state index contributed by atoms with van der Waals surface area (Å²) in [5.74, 6) is -12.9. The maximum Gasteiger partial charge on any atom is 0.341 e. The van der Waals surface area contributed by atoms with Crippen molar-refractivity contribution >= 4 is 113 Å². The van der Waals surface area contributed by atoms with Crippen LogP contribution in [0.25, 0.3) is 0 Å². The van der Waals surface area contributed by atoms with Gasteiger partial charge in [0.05, 0.1) is 62.3 Å². The van der Waals surface area contributed by atoms with Gasteiger partial charge in [0.2, 0.25) is 5.78 Å². The van der Waals surface area contributed by atoms with Crippen LogP contribution in [0.2, 0.25) is 0 Å². The van der Waals surface area contributed by atoms with Crippen LogP contribution in [-0.2, 0) is 95.1 Å². The van der Waals surface area contributed by atoms with Crippen molar-refractivity contribution in [1.82, 2.24) is 0 Å². The fourth-order valence-electron chi connectivity index (χ4n) is 9.48. The van der Waals surface area contributed by atoms with E-state index in [0.717, 1.165) is 36.1 Å². The third-order valence-corrected chi connectivity index (χ3v) is 15.6. The van der Waals surface area contributed by atoms with E-state index in [1.807, 2.05) is 44.2 Å². The number of ether oxygens (including phenoxy) is 14. The van der Waals surface area contributed by atoms with Crippen molar-refractivity contribution in [2.75, 3.05) is 92.7 Å². The summed E-state index contributed by atoms with van der Waals surface area (Å²) in [5, 5.41) is 53.8. The van der Waals surface area contributed by atoms with E-state index in [2.05, 4.69) is 69.7 Å². The number of hydrogen-bond acceptors (Lipinski definition) is 36. The fourth-order valence-corrected chi connectivity index (χ4v) is 9.48. The highest BCUT2D eigenvalue weighted by molar-refractivity contribution is 6.09. The zero-order chi connectivity index (χ0) is 104. The van der Waals surface area contributed by atoms with E-state index in [4.69, 9.17) is 63.1 Å². The minimum Gasteiger partial charge on any atom is -0.490 e. The quantitative estimate of drug-likeness (QED) is 0.00515. The first-order chi connectivity index (χ1) is 65.7. The molecule has 0 fully saturated rings. The number of carboxylic acid groups (broad SMARTS) is 3. The number of aliphatic hydroxyl groups excluding tert-OH is 3. The molecule has 39 nitrogen and oxygen atoms in total. The van der Waals surface area contributed by atoms with Crippen molar-refractivity contribution in [3.05, 3.63) is 330 Å². The Bertz CT molecular complexity index is 5340. The Hall–Kier alpha value is -17.1. The van der Waals surface area contributed by atoms with Crippen LogP contribution in [0.5, 0.6) is 5.75 Å². The smallest absolute Gasteiger partial charge is 0.341 e. The minimum atomic E-state index is -1.22. The van der Waals surface area contributed by atoms with Gasteiger partial charge in [0.25, 0.3) is 0 Å². The van der Waals surface area contributed by atoms with Gasteiger partial charge < -0.3 is 97.0 Å². The van der Waals surface area contributed by atoms with Crippen LogP contribution in [0.3, 0.4) is 0 Å². The van der Waals surface area contributed by atoms with Gasteiger partial charge in [0.1, 0.15) is 85.0 Å². The van der Waals surface area contributed by atoms with E-state index < -0.39 is 127 Å². The molecule has 752 valence electrons. The summed E-state index contributed by atoms with van der Waals surface area (Å²) >= 11 is 0. The lowest BCUT2D eigenvalue weighted by atomic mass is 10.00. The summed E-state index contributed by atoms with van der Waals surface area (Å²) in [6.07, 6.45) is 3.28. The Morgan fingerprint density at radius 1 is 0.279 bits per heavy atom. The van der Waals surface area contributed by atoms with Crippen molar-refractivity contribution in [3.8, 4) is 5.75 Å². The van der Waals surface area contributed by atoms with Gasteiger partial charge in [0, 0.05) is 71.1 Å². The molecule has 0 saturated heterocycles. The standard InChI is InChI=1S/C17H20O6.C16H18O6.C14H14O7.C14H14O6.C13H12O6.C12H10O5.C11H12O3.C2H6.2CH4/c1-11(2)16(20)22-8-9-23-17(21)14-7-5-4-6-13(14)15(19)10-12(3)18;1-3-15(19)21-8-9-22-16(20)13-7-5-4-6-12(13)14(18)10-11(2)17;1-2-12(16)19-7-8-20-13(17)10-5-3-4-6-11(10)14(18)21-9-15;1-9(2)13(17)19-7-8-20-14(18)11-6-4-3-5-10(11)12(15)16;1-2-11(14)18-7-8-19-13(17)10-6-4-3-5-9(10)12(15)16;1-2-11(14)17-7-10(13)8-5-3-4-6-9(8)12(15)16;1-2-11(12)14-9-8-13-10-6-4-3-5-7-10;1-2;;/h4-7,12,18H,1,8-10H2,2-3H3;3-7,11,17H,1,8-10H2,2H3;2-6,15H,1,7-9H2;3-6H,1,7-8H2,2H3,(H,15,16);2-6H,1,7-8H2,(H,15,16);2-6H,1,7H2,(H,15,16);2-7H,1,8-9H2;1-2H3;2*1H4. The second-order valence-corrected chi connectivity index (χ2v) is 26.1. The molecule has 2 atom stereocenters. The maximum absolute atomic E-state index is 12.0. The Labute approximate surface area is 807 Å². The molecule has 0 amide bonds. The summed E-state index contributed by atoms with van der Waals surface area (Å²) in [4.78, 5) is 215. The SMILES string of the molecule is C.C.C=C(C)C(=O)OCCOC(=O)c1ccccc1C(=O)CC(C)O.C=C(C)C(=O)OCCOC(=O)c1ccccc1C(=O)O.C=CC(=O)OCC(=O)c1ccccc1C(=O)O.C=CC(=O)OCCOC(=O)c1ccccc1C(=O)CC(C)O.C=CC(=O)OCCOC(=O)c1ccccc1C(=O)O.C=CC(=O)OCCOC(=O)c1ccccc1C(=O)OCO.C=CC(=O)OCCOc1ccccc1.CC. The number of ketones is 3. The van der Waals surface area contributed by atoms with E-state index in [-0.39, 0.29) is 190 Å². The van der Waals surface area contributed by atoms with E-state index in [1.165, 1.54) is 143 Å². The zero-order valence-corrected chi connectivity index (χ0v) is 76.2. The third kappa shape index (κ3) is 53.1. The molecule has 0 aliphatic rings. The molecule has 0 aliphatic heterocycles. The third-order valence-electron chi connectivity index (χ3n) is 15.6. The van der Waals surface area contributed by atoms with Crippen molar-refractivity contribution in [1.29, 1.82) is 0 Å². The van der Waals surface area contributed by atoms with Crippen LogP contribution in [0.15, 0.2) is 264 Å². The molecule has 6 N–H and O–H groups in total. The topological polar surface area (TPSA) is 575 Å². The number of hydrogen-bond donors (Lipinski definition) is 6. The Kier molecular flexibility index (Phi) is 67.4. The Balaban J connectivity index is -0.00000156. The first-order valence-corrected chi connectivity index (χ1v) is 40.9. The molecular weight excluding hydrogens is 1840 g/mol. The lowest BCUT2D eigenvalue weighted by Crippen LogP contribution is -2.18. The van der Waals surface area contributed by atoms with Crippen molar-refractivity contribution in [3.63, 3.8) is 0 Å². The molecular formula is C101H114O39. The number of carbonyl (C=O) groups is 19. The number of Topliss-reactive ketones (excluding diaryl/α,β-unsaturated/α-hetero) is 3. The maximum atomic E-state index is 12.0. The number of aromatic carboxylic acids is 3. The normalized spacial score (nSPS) is 9.86. The van der Waals surface area contributed by atoms with Gasteiger partial charge in [-0.2, -0.15) is 0 Å². The number of esters is 13. The molecule has 7 rings (SSSR count). The van der Waals surface area contributed by atoms with Gasteiger partial charge in [-0.25, -0.2) is 76.7 Å². The highest BCUT2D eigenvalue weighted by Gasteiger charge is 2.25. The molecule has 7 aromatic rings. The number of benzene rings is 7. The molecule has 39 heteroatoms. The summed E-state index contributed by atoms with van der Waals surface area (Å²) < 4.78 is 66.9. The van der Waals surface area contributed by atoms with Gasteiger partial charge in [-0.3, -0.25) is 14.4 Å². The van der Waals surface area contributed by atoms with Crippen LogP contribution in [0.4, 0.5) is 0 Å². The second kappa shape index (κ2) is 74.3. The summed E-state index contributed by atoms with van der Waals surface area (Å²) in [5.41, 5.74) is 0.581. The van der Waals surface area contributed by atoms with Gasteiger partial charge in [-0.1, -0.05) is 184 Å². The zero-order valence-electron chi connectivity index (χ0n) is 76.2. The molecule has 0 saturated carbocycles. The Morgan fingerprint density at radius 3 is 0.729 bits per heavy atom. The van der Waals surface area contributed by atoms with Crippen molar-refractivity contribution in [2.45, 2.75) is 81.4 Å². The van der Waals surface area contributed by atoms with Crippen LogP contribution in [0.1, 0.15) is 194 Å². The monoisotopic (exact) mass is 1950 g/mol. The number of para-hydroxylation sites is 1. The number of aliphatic hydroxyl groups is 3. The van der Waals surface area contributed by atoms with Crippen LogP contribution in [-0.4, -0.2) is 248 Å². The molecule has 0 aromatic heterocycles. The lowest BCUT2D eigenvalue weighted by Gasteiger charge is -2.10. The molecule has 0 radical (unpaired) electrons. The van der Waals surface area contributed by atoms with E-state index in [0.29, 0.717) is 6.61 Å². The number of carboxylic acids is 3. The lowest BCUT2D eigenvalue weighted by molar-refractivity contribution is -0.140. The van der Waals surface area contributed by atoms with Gasteiger partial charge in [-0.15, -0.1) is 0 Å². The van der Waals surface area contributed by atoms with Crippen LogP contribution >= 0.6 is 0 Å². The van der Waals surface area contributed by atoms with Gasteiger partial charge in [0.15, 0.2) is 25.0 Å². The largest absolute Gasteiger partial charge is 0.490 e. The van der Waals surface area contributed by atoms with Gasteiger partial charge >= 0.3 is 95.5 Å². The first-order valence-electron chi connectivity index (χ1n) is 40.9. The molecule has 0 spiro atoms. The minimum absolute atomic E-state index is 0. The first kappa shape index (κ1) is 127. The molecule has 0 bridgehead atoms. The molecule has 2 unspecified atom stereocenters. The van der Waals surface area contributed by atoms with Gasteiger partial charge in [-0.05, 0) is 94.4 Å². The van der Waals surface area contributed by atoms with E-state index in [9.17, 15) is 101 Å². The predicted octanol–water partition coefficient (Wildman–Crippen LogP) is 12.4. The average Bonchev–Trinajstić information content (AvgIpc) is 0.852. The molecule has 140 heavy (non-hydrogen) atoms. The van der Waals surface area contributed by atoms with Crippen molar-refractivity contribution in [2.24, 2.45) is 0 Å². The summed E-state index contributed by atoms with van der Waals surface area (Å²) in [6, 6.07) is 44.7. The molecule has 7 aromatic carbocycles. The van der Waals surface area contributed by atoms with Crippen LogP contribution < -0.4 is 4.74 Å². The van der Waals surface area contributed by atoms with Crippen molar-refractivity contribution < 1.29 is 188 Å². The Morgan fingerprint density at radius 2 is 0.479 bits per heavy atom. The average molecular weight is 1950 g/mol. The highest BCUT2D eigenvalue weighted by atomic mass is 16.6. The molecule has 0 aliphatic carbocycles. The fraction of sp³-hybridized carbons (Fsp3) is 0.257. The number of rotatable bonds is 45. The highest BCUT2D eigenvalue weighted by Crippen LogP contribution is 2.19. The van der Waals surface area contributed by atoms with E-state index >= 15 is 0 Å². The molecule has 0 heterocycles.